The highest BCUT2D eigenvalue weighted by Crippen LogP contribution is 2.16. The SMILES string of the molecule is CCCCCCCCc1c[nH]cc1CCCCCCC. The van der Waals surface area contributed by atoms with Crippen LogP contribution in [0.1, 0.15) is 95.6 Å². The van der Waals surface area contributed by atoms with Gasteiger partial charge in [0.15, 0.2) is 0 Å². The first-order valence-corrected chi connectivity index (χ1v) is 9.03. The lowest BCUT2D eigenvalue weighted by Gasteiger charge is -2.04. The molecule has 1 aromatic rings. The number of rotatable bonds is 13. The first-order valence-electron chi connectivity index (χ1n) is 9.03. The summed E-state index contributed by atoms with van der Waals surface area (Å²) < 4.78 is 0. The van der Waals surface area contributed by atoms with E-state index in [0.29, 0.717) is 0 Å². The van der Waals surface area contributed by atoms with Crippen molar-refractivity contribution in [1.29, 1.82) is 0 Å². The summed E-state index contributed by atoms with van der Waals surface area (Å²) in [4.78, 5) is 3.31. The summed E-state index contributed by atoms with van der Waals surface area (Å²) in [7, 11) is 0. The fourth-order valence-electron chi connectivity index (χ4n) is 2.91. The molecule has 1 heterocycles. The molecule has 0 saturated carbocycles. The van der Waals surface area contributed by atoms with Gasteiger partial charge in [-0.1, -0.05) is 71.6 Å². The van der Waals surface area contributed by atoms with Crippen molar-refractivity contribution in [2.45, 2.75) is 97.3 Å². The van der Waals surface area contributed by atoms with Gasteiger partial charge in [-0.15, -0.1) is 0 Å². The van der Waals surface area contributed by atoms with Crippen molar-refractivity contribution in [3.05, 3.63) is 23.5 Å². The molecular weight excluding hydrogens is 242 g/mol. The minimum atomic E-state index is 1.28. The third-order valence-electron chi connectivity index (χ3n) is 4.28. The molecule has 1 heteroatoms. The molecule has 1 aromatic heterocycles. The van der Waals surface area contributed by atoms with Crippen molar-refractivity contribution in [2.24, 2.45) is 0 Å². The quantitative estimate of drug-likeness (QED) is 0.400. The van der Waals surface area contributed by atoms with Crippen molar-refractivity contribution in [1.82, 2.24) is 4.98 Å². The predicted molar refractivity (Wildman–Crippen MR) is 90.3 cm³/mol. The normalized spacial score (nSPS) is 11.1. The van der Waals surface area contributed by atoms with Crippen LogP contribution in [-0.2, 0) is 12.8 Å². The zero-order chi connectivity index (χ0) is 14.5. The highest BCUT2D eigenvalue weighted by Gasteiger charge is 2.03. The Morgan fingerprint density at radius 1 is 0.600 bits per heavy atom. The van der Waals surface area contributed by atoms with Gasteiger partial charge >= 0.3 is 0 Å². The number of hydrogen-bond donors (Lipinski definition) is 1. The third-order valence-corrected chi connectivity index (χ3v) is 4.28. The van der Waals surface area contributed by atoms with Crippen LogP contribution in [0.15, 0.2) is 12.4 Å². The van der Waals surface area contributed by atoms with Crippen LogP contribution in [0.25, 0.3) is 0 Å². The van der Waals surface area contributed by atoms with Crippen LogP contribution in [0.5, 0.6) is 0 Å². The standard InChI is InChI=1S/C19H35N/c1-3-5-7-9-11-13-15-19-17-20-16-18(19)14-12-10-8-6-4-2/h16-17,20H,3-15H2,1-2H3. The number of aromatic amines is 1. The van der Waals surface area contributed by atoms with Crippen LogP contribution in [0.2, 0.25) is 0 Å². The Balaban J connectivity index is 2.11. The monoisotopic (exact) mass is 277 g/mol. The van der Waals surface area contributed by atoms with E-state index < -0.39 is 0 Å². The van der Waals surface area contributed by atoms with Crippen LogP contribution in [0, 0.1) is 0 Å². The number of H-pyrrole nitrogens is 1. The van der Waals surface area contributed by atoms with Gasteiger partial charge in [-0.25, -0.2) is 0 Å². The van der Waals surface area contributed by atoms with E-state index in [-0.39, 0.29) is 0 Å². The smallest absolute Gasteiger partial charge is 0.00401 e. The molecule has 0 aromatic carbocycles. The molecule has 0 fully saturated rings. The van der Waals surface area contributed by atoms with Crippen LogP contribution in [-0.4, -0.2) is 4.98 Å². The molecule has 116 valence electrons. The number of unbranched alkanes of at least 4 members (excludes halogenated alkanes) is 9. The Morgan fingerprint density at radius 2 is 1.00 bits per heavy atom. The lowest BCUT2D eigenvalue weighted by Crippen LogP contribution is -1.91. The second kappa shape index (κ2) is 12.1. The van der Waals surface area contributed by atoms with Crippen molar-refractivity contribution >= 4 is 0 Å². The summed E-state index contributed by atoms with van der Waals surface area (Å²) >= 11 is 0. The Labute approximate surface area is 126 Å². The summed E-state index contributed by atoms with van der Waals surface area (Å²) in [5, 5.41) is 0. The van der Waals surface area contributed by atoms with Crippen LogP contribution in [0.4, 0.5) is 0 Å². The Bertz CT molecular complexity index is 313. The van der Waals surface area contributed by atoms with Gasteiger partial charge in [-0.2, -0.15) is 0 Å². The van der Waals surface area contributed by atoms with E-state index in [9.17, 15) is 0 Å². The summed E-state index contributed by atoms with van der Waals surface area (Å²) in [6.45, 7) is 4.57. The maximum absolute atomic E-state index is 3.31. The van der Waals surface area contributed by atoms with E-state index in [1.807, 2.05) is 0 Å². The van der Waals surface area contributed by atoms with Gasteiger partial charge < -0.3 is 4.98 Å². The minimum absolute atomic E-state index is 1.28. The topological polar surface area (TPSA) is 15.8 Å². The average molecular weight is 277 g/mol. The molecule has 1 N–H and O–H groups in total. The van der Waals surface area contributed by atoms with Crippen LogP contribution in [0.3, 0.4) is 0 Å². The summed E-state index contributed by atoms with van der Waals surface area (Å²) in [5.74, 6) is 0. The number of nitrogens with one attached hydrogen (secondary N) is 1. The van der Waals surface area contributed by atoms with Gasteiger partial charge in [0.25, 0.3) is 0 Å². The van der Waals surface area contributed by atoms with E-state index in [2.05, 4.69) is 31.2 Å². The fourth-order valence-corrected chi connectivity index (χ4v) is 2.91. The molecule has 0 unspecified atom stereocenters. The second-order valence-electron chi connectivity index (χ2n) is 6.19. The maximum atomic E-state index is 3.31. The molecule has 20 heavy (non-hydrogen) atoms. The molecule has 0 aliphatic heterocycles. The largest absolute Gasteiger partial charge is 0.367 e. The van der Waals surface area contributed by atoms with Crippen molar-refractivity contribution in [2.75, 3.05) is 0 Å². The van der Waals surface area contributed by atoms with E-state index in [1.165, 1.54) is 83.5 Å². The van der Waals surface area contributed by atoms with Gasteiger partial charge in [-0.05, 0) is 36.8 Å². The average Bonchev–Trinajstić information content (AvgIpc) is 2.90. The second-order valence-corrected chi connectivity index (χ2v) is 6.19. The van der Waals surface area contributed by atoms with E-state index >= 15 is 0 Å². The first kappa shape index (κ1) is 17.3. The highest BCUT2D eigenvalue weighted by atomic mass is 14.6. The molecular formula is C19H35N. The van der Waals surface area contributed by atoms with Gasteiger partial charge in [0.1, 0.15) is 0 Å². The molecule has 0 aliphatic carbocycles. The molecule has 0 radical (unpaired) electrons. The Hall–Kier alpha value is -0.720. The van der Waals surface area contributed by atoms with Crippen LogP contribution >= 0.6 is 0 Å². The van der Waals surface area contributed by atoms with Crippen molar-refractivity contribution < 1.29 is 0 Å². The lowest BCUT2D eigenvalue weighted by atomic mass is 10.0. The summed E-state index contributed by atoms with van der Waals surface area (Å²) in [5.41, 5.74) is 3.16. The van der Waals surface area contributed by atoms with Crippen molar-refractivity contribution in [3.63, 3.8) is 0 Å². The maximum Gasteiger partial charge on any atom is 0.00401 e. The third kappa shape index (κ3) is 7.77. The highest BCUT2D eigenvalue weighted by molar-refractivity contribution is 5.23. The minimum Gasteiger partial charge on any atom is -0.367 e. The van der Waals surface area contributed by atoms with E-state index in [4.69, 9.17) is 0 Å². The zero-order valence-electron chi connectivity index (χ0n) is 13.8. The molecule has 0 aliphatic rings. The Morgan fingerprint density at radius 3 is 1.45 bits per heavy atom. The van der Waals surface area contributed by atoms with E-state index in [0.717, 1.165) is 0 Å². The molecule has 0 atom stereocenters. The van der Waals surface area contributed by atoms with E-state index in [1.54, 1.807) is 11.1 Å². The van der Waals surface area contributed by atoms with Gasteiger partial charge in [0, 0.05) is 12.4 Å². The first-order chi connectivity index (χ1) is 9.88. The van der Waals surface area contributed by atoms with Gasteiger partial charge in [-0.3, -0.25) is 0 Å². The number of aryl methyl sites for hydroxylation is 2. The number of aromatic nitrogens is 1. The summed E-state index contributed by atoms with van der Waals surface area (Å²) in [6, 6.07) is 0. The molecule has 0 bridgehead atoms. The molecule has 0 amide bonds. The fraction of sp³-hybridized carbons (Fsp3) is 0.789. The zero-order valence-corrected chi connectivity index (χ0v) is 13.8. The van der Waals surface area contributed by atoms with Crippen LogP contribution < -0.4 is 0 Å². The predicted octanol–water partition coefficient (Wildman–Crippen LogP) is 6.43. The molecule has 0 saturated heterocycles. The summed E-state index contributed by atoms with van der Waals surface area (Å²) in [6.07, 6.45) is 22.3. The van der Waals surface area contributed by atoms with Gasteiger partial charge in [0.2, 0.25) is 0 Å². The van der Waals surface area contributed by atoms with Crippen molar-refractivity contribution in [3.8, 4) is 0 Å². The van der Waals surface area contributed by atoms with Gasteiger partial charge in [0.05, 0.1) is 0 Å². The lowest BCUT2D eigenvalue weighted by molar-refractivity contribution is 0.604. The molecule has 1 nitrogen and oxygen atoms in total. The number of hydrogen-bond acceptors (Lipinski definition) is 0. The Kier molecular flexibility index (Phi) is 10.4. The molecule has 0 spiro atoms. The molecule has 1 rings (SSSR count).